The van der Waals surface area contributed by atoms with Crippen LogP contribution in [0.2, 0.25) is 0 Å². The highest BCUT2D eigenvalue weighted by atomic mass is 16.5. The third-order valence-corrected chi connectivity index (χ3v) is 1.45. The van der Waals surface area contributed by atoms with Crippen LogP contribution in [0.3, 0.4) is 0 Å². The first kappa shape index (κ1) is 12.1. The van der Waals surface area contributed by atoms with E-state index >= 15 is 0 Å². The van der Waals surface area contributed by atoms with Crippen LogP contribution in [0.15, 0.2) is 0 Å². The summed E-state index contributed by atoms with van der Waals surface area (Å²) in [6.07, 6.45) is 0.795. The molecule has 0 radical (unpaired) electrons. The summed E-state index contributed by atoms with van der Waals surface area (Å²) in [6, 6.07) is -1.11. The van der Waals surface area contributed by atoms with Crippen LogP contribution in [-0.2, 0) is 14.3 Å². The summed E-state index contributed by atoms with van der Waals surface area (Å²) in [4.78, 5) is 22.2. The molecule has 0 aromatic rings. The van der Waals surface area contributed by atoms with Crippen molar-refractivity contribution in [2.75, 3.05) is 0 Å². The van der Waals surface area contributed by atoms with Gasteiger partial charge < -0.3 is 10.5 Å². The van der Waals surface area contributed by atoms with Gasteiger partial charge in [-0.05, 0) is 20.3 Å². The average molecular weight is 187 g/mol. The second-order valence-electron chi connectivity index (χ2n) is 3.18. The molecular weight excluding hydrogens is 170 g/mol. The molecule has 0 fully saturated rings. The van der Waals surface area contributed by atoms with E-state index in [2.05, 4.69) is 0 Å². The minimum Gasteiger partial charge on any atom is -0.461 e. The maximum Gasteiger partial charge on any atom is 0.330 e. The van der Waals surface area contributed by atoms with Crippen LogP contribution >= 0.6 is 0 Å². The lowest BCUT2D eigenvalue weighted by atomic mass is 10.1. The molecule has 1 unspecified atom stereocenters. The fourth-order valence-corrected chi connectivity index (χ4v) is 0.839. The molecule has 0 saturated carbocycles. The average Bonchev–Trinajstić information content (AvgIpc) is 2.02. The fraction of sp³-hybridized carbons (Fsp3) is 0.778. The van der Waals surface area contributed by atoms with Gasteiger partial charge in [0, 0.05) is 6.42 Å². The van der Waals surface area contributed by atoms with E-state index in [4.69, 9.17) is 10.5 Å². The van der Waals surface area contributed by atoms with Crippen molar-refractivity contribution in [3.8, 4) is 0 Å². The van der Waals surface area contributed by atoms with E-state index in [9.17, 15) is 9.59 Å². The maximum absolute atomic E-state index is 11.1. The summed E-state index contributed by atoms with van der Waals surface area (Å²) >= 11 is 0. The number of hydrogen-bond donors (Lipinski definition) is 1. The summed E-state index contributed by atoms with van der Waals surface area (Å²) in [7, 11) is 0. The quantitative estimate of drug-likeness (QED) is 0.506. The summed E-state index contributed by atoms with van der Waals surface area (Å²) < 4.78 is 4.79. The van der Waals surface area contributed by atoms with Gasteiger partial charge in [-0.15, -0.1) is 0 Å². The van der Waals surface area contributed by atoms with Gasteiger partial charge in [0.05, 0.1) is 6.10 Å². The number of carbonyl (C=O) groups is 2. The van der Waals surface area contributed by atoms with Crippen molar-refractivity contribution in [3.63, 3.8) is 0 Å². The molecule has 0 aliphatic rings. The van der Waals surface area contributed by atoms with E-state index < -0.39 is 12.0 Å². The van der Waals surface area contributed by atoms with E-state index in [1.807, 2.05) is 6.92 Å². The molecule has 4 nitrogen and oxygen atoms in total. The molecule has 0 amide bonds. The summed E-state index contributed by atoms with van der Waals surface area (Å²) in [5.41, 5.74) is 5.37. The lowest BCUT2D eigenvalue weighted by Crippen LogP contribution is -2.40. The lowest BCUT2D eigenvalue weighted by Gasteiger charge is -2.12. The van der Waals surface area contributed by atoms with Crippen LogP contribution in [-0.4, -0.2) is 23.9 Å². The number of carbonyl (C=O) groups excluding carboxylic acids is 2. The molecule has 1 atom stereocenters. The van der Waals surface area contributed by atoms with Gasteiger partial charge in [0.1, 0.15) is 0 Å². The van der Waals surface area contributed by atoms with E-state index in [0.29, 0.717) is 12.8 Å². The molecule has 0 spiro atoms. The third-order valence-electron chi connectivity index (χ3n) is 1.45. The molecule has 0 rings (SSSR count). The Hall–Kier alpha value is -0.900. The molecule has 4 heteroatoms. The van der Waals surface area contributed by atoms with Gasteiger partial charge in [-0.25, -0.2) is 4.79 Å². The minimum absolute atomic E-state index is 0.229. The van der Waals surface area contributed by atoms with E-state index in [1.54, 1.807) is 13.8 Å². The molecule has 0 bridgehead atoms. The van der Waals surface area contributed by atoms with Crippen molar-refractivity contribution in [3.05, 3.63) is 0 Å². The number of rotatable bonds is 5. The van der Waals surface area contributed by atoms with Gasteiger partial charge in [-0.2, -0.15) is 0 Å². The Morgan fingerprint density at radius 1 is 1.38 bits per heavy atom. The number of ketones is 1. The number of Topliss-reactive ketones (excluding diaryl/α,β-unsaturated/α-hetero) is 1. The van der Waals surface area contributed by atoms with Gasteiger partial charge in [0.25, 0.3) is 0 Å². The normalized spacial score (nSPS) is 12.7. The lowest BCUT2D eigenvalue weighted by molar-refractivity contribution is -0.151. The molecule has 2 N–H and O–H groups in total. The number of hydrogen-bond acceptors (Lipinski definition) is 4. The molecule has 0 aromatic heterocycles. The fourth-order valence-electron chi connectivity index (χ4n) is 0.839. The van der Waals surface area contributed by atoms with Crippen LogP contribution in [0, 0.1) is 0 Å². The van der Waals surface area contributed by atoms with Gasteiger partial charge in [-0.3, -0.25) is 4.79 Å². The number of esters is 1. The van der Waals surface area contributed by atoms with Crippen molar-refractivity contribution < 1.29 is 14.3 Å². The molecule has 0 aliphatic carbocycles. The van der Waals surface area contributed by atoms with Crippen LogP contribution in [0.5, 0.6) is 0 Å². The first-order valence-corrected chi connectivity index (χ1v) is 4.47. The first-order chi connectivity index (χ1) is 5.99. The molecule has 0 aromatic carbocycles. The van der Waals surface area contributed by atoms with E-state index in [1.165, 1.54) is 0 Å². The molecule has 76 valence electrons. The Morgan fingerprint density at radius 2 is 1.92 bits per heavy atom. The Kier molecular flexibility index (Phi) is 5.30. The van der Waals surface area contributed by atoms with E-state index in [-0.39, 0.29) is 11.9 Å². The Bertz CT molecular complexity index is 189. The zero-order valence-electron chi connectivity index (χ0n) is 8.37. The van der Waals surface area contributed by atoms with Gasteiger partial charge >= 0.3 is 5.97 Å². The predicted octanol–water partition coefficient (Wildman–Crippen LogP) is 0.634. The Balaban J connectivity index is 4.01. The highest BCUT2D eigenvalue weighted by Gasteiger charge is 2.23. The highest BCUT2D eigenvalue weighted by molar-refractivity contribution is 6.02. The van der Waals surface area contributed by atoms with Gasteiger partial charge in [-0.1, -0.05) is 6.92 Å². The summed E-state index contributed by atoms with van der Waals surface area (Å²) in [5, 5.41) is 0. The molecular formula is C9H17NO3. The maximum atomic E-state index is 11.1. The second kappa shape index (κ2) is 5.70. The van der Waals surface area contributed by atoms with Crippen molar-refractivity contribution in [1.82, 2.24) is 0 Å². The molecule has 0 heterocycles. The number of nitrogens with two attached hydrogens (primary N) is 1. The van der Waals surface area contributed by atoms with Gasteiger partial charge in [0.15, 0.2) is 11.8 Å². The van der Waals surface area contributed by atoms with Crippen LogP contribution in [0.4, 0.5) is 0 Å². The van der Waals surface area contributed by atoms with Crippen molar-refractivity contribution in [1.29, 1.82) is 0 Å². The van der Waals surface area contributed by atoms with Crippen LogP contribution in [0.25, 0.3) is 0 Å². The van der Waals surface area contributed by atoms with Crippen LogP contribution in [0.1, 0.15) is 33.6 Å². The first-order valence-electron chi connectivity index (χ1n) is 4.47. The zero-order chi connectivity index (χ0) is 10.4. The SMILES string of the molecule is CCCC(=O)C(N)C(=O)OC(C)C. The van der Waals surface area contributed by atoms with Crippen molar-refractivity contribution in [2.24, 2.45) is 5.73 Å². The standard InChI is InChI=1S/C9H17NO3/c1-4-5-7(11)8(10)9(12)13-6(2)3/h6,8H,4-5,10H2,1-3H3. The number of ether oxygens (including phenoxy) is 1. The second-order valence-corrected chi connectivity index (χ2v) is 3.18. The van der Waals surface area contributed by atoms with Gasteiger partial charge in [0.2, 0.25) is 0 Å². The summed E-state index contributed by atoms with van der Waals surface area (Å²) in [6.45, 7) is 5.29. The molecule has 0 saturated heterocycles. The minimum atomic E-state index is -1.11. The smallest absolute Gasteiger partial charge is 0.330 e. The zero-order valence-corrected chi connectivity index (χ0v) is 8.37. The molecule has 0 aliphatic heterocycles. The van der Waals surface area contributed by atoms with Crippen molar-refractivity contribution >= 4 is 11.8 Å². The third kappa shape index (κ3) is 4.62. The monoisotopic (exact) mass is 187 g/mol. The topological polar surface area (TPSA) is 69.4 Å². The van der Waals surface area contributed by atoms with Crippen LogP contribution < -0.4 is 5.73 Å². The predicted molar refractivity (Wildman–Crippen MR) is 49.1 cm³/mol. The Morgan fingerprint density at radius 3 is 2.31 bits per heavy atom. The largest absolute Gasteiger partial charge is 0.461 e. The highest BCUT2D eigenvalue weighted by Crippen LogP contribution is 1.98. The Labute approximate surface area is 78.4 Å². The molecule has 13 heavy (non-hydrogen) atoms. The van der Waals surface area contributed by atoms with E-state index in [0.717, 1.165) is 0 Å². The summed E-state index contributed by atoms with van der Waals surface area (Å²) in [5.74, 6) is -0.887. The van der Waals surface area contributed by atoms with Crippen molar-refractivity contribution in [2.45, 2.75) is 45.8 Å².